The minimum Gasteiger partial charge on any atom is -0.369 e. The Morgan fingerprint density at radius 1 is 1.17 bits per heavy atom. The van der Waals surface area contributed by atoms with Crippen molar-refractivity contribution in [1.29, 1.82) is 0 Å². The van der Waals surface area contributed by atoms with Gasteiger partial charge < -0.3 is 15.1 Å². The van der Waals surface area contributed by atoms with Crippen LogP contribution in [0.15, 0.2) is 42.6 Å². The standard InChI is InChI=1S/C22H32N6O.ClH/c1-25(22(29)21-9-11-28(24-21)20-8-5-10-23-18-20)12-13-26-14-16-27(17-15-26)19-6-3-2-4-7-19;/h2-4,6-7,9,11,20,23H,5,8,10,12-18H2,1H3;1H. The maximum Gasteiger partial charge on any atom is 0.274 e. The molecule has 1 N–H and O–H groups in total. The number of rotatable bonds is 6. The Hall–Kier alpha value is -2.09. The Kier molecular flexibility index (Phi) is 8.13. The number of piperazine rings is 1. The van der Waals surface area contributed by atoms with Gasteiger partial charge in [-0.05, 0) is 37.6 Å². The van der Waals surface area contributed by atoms with Crippen molar-refractivity contribution >= 4 is 24.0 Å². The molecule has 30 heavy (non-hydrogen) atoms. The fraction of sp³-hybridized carbons (Fsp3) is 0.545. The first-order valence-electron chi connectivity index (χ1n) is 10.7. The molecule has 2 fully saturated rings. The van der Waals surface area contributed by atoms with Gasteiger partial charge in [-0.25, -0.2) is 0 Å². The highest BCUT2D eigenvalue weighted by molar-refractivity contribution is 5.92. The molecular formula is C22H33ClN6O. The Labute approximate surface area is 185 Å². The maximum absolute atomic E-state index is 12.8. The van der Waals surface area contributed by atoms with E-state index in [1.807, 2.05) is 24.0 Å². The monoisotopic (exact) mass is 432 g/mol. The van der Waals surface area contributed by atoms with Gasteiger partial charge in [0.1, 0.15) is 5.69 Å². The molecule has 0 bridgehead atoms. The number of piperidine rings is 1. The third-order valence-electron chi connectivity index (χ3n) is 6.06. The molecular weight excluding hydrogens is 400 g/mol. The van der Waals surface area contributed by atoms with Crippen molar-refractivity contribution in [3.8, 4) is 0 Å². The van der Waals surface area contributed by atoms with E-state index >= 15 is 0 Å². The fourth-order valence-corrected chi connectivity index (χ4v) is 4.17. The summed E-state index contributed by atoms with van der Waals surface area (Å²) in [6.45, 7) is 7.75. The summed E-state index contributed by atoms with van der Waals surface area (Å²) < 4.78 is 1.95. The van der Waals surface area contributed by atoms with E-state index in [4.69, 9.17) is 0 Å². The summed E-state index contributed by atoms with van der Waals surface area (Å²) in [6.07, 6.45) is 4.22. The lowest BCUT2D eigenvalue weighted by atomic mass is 10.1. The highest BCUT2D eigenvalue weighted by Crippen LogP contribution is 2.17. The van der Waals surface area contributed by atoms with Crippen LogP contribution in [-0.4, -0.2) is 84.9 Å². The number of benzene rings is 1. The minimum atomic E-state index is 0. The normalized spacial score (nSPS) is 19.9. The van der Waals surface area contributed by atoms with Crippen LogP contribution in [0.4, 0.5) is 5.69 Å². The van der Waals surface area contributed by atoms with Crippen LogP contribution in [0.25, 0.3) is 0 Å². The third kappa shape index (κ3) is 5.53. The van der Waals surface area contributed by atoms with Gasteiger partial charge in [0.25, 0.3) is 5.91 Å². The van der Waals surface area contributed by atoms with Crippen LogP contribution < -0.4 is 10.2 Å². The number of nitrogens with zero attached hydrogens (tertiary/aromatic N) is 5. The van der Waals surface area contributed by atoms with Gasteiger partial charge >= 0.3 is 0 Å². The van der Waals surface area contributed by atoms with Crippen LogP contribution >= 0.6 is 12.4 Å². The second-order valence-electron chi connectivity index (χ2n) is 8.07. The second kappa shape index (κ2) is 10.8. The zero-order valence-electron chi connectivity index (χ0n) is 17.7. The molecule has 8 heteroatoms. The number of halogens is 1. The van der Waals surface area contributed by atoms with E-state index < -0.39 is 0 Å². The number of hydrogen-bond donors (Lipinski definition) is 1. The lowest BCUT2D eigenvalue weighted by molar-refractivity contribution is 0.0769. The summed E-state index contributed by atoms with van der Waals surface area (Å²) in [5, 5.41) is 7.96. The van der Waals surface area contributed by atoms with Crippen molar-refractivity contribution in [3.05, 3.63) is 48.3 Å². The molecule has 1 amide bonds. The molecule has 0 aliphatic carbocycles. The number of para-hydroxylation sites is 1. The zero-order chi connectivity index (χ0) is 20.1. The first-order chi connectivity index (χ1) is 14.2. The number of aromatic nitrogens is 2. The molecule has 3 heterocycles. The van der Waals surface area contributed by atoms with E-state index in [-0.39, 0.29) is 18.3 Å². The van der Waals surface area contributed by atoms with E-state index in [1.54, 1.807) is 4.90 Å². The van der Waals surface area contributed by atoms with Crippen molar-refractivity contribution < 1.29 is 4.79 Å². The number of anilines is 1. The molecule has 1 atom stereocenters. The van der Waals surface area contributed by atoms with Gasteiger partial charge in [0, 0.05) is 64.7 Å². The number of carbonyl (C=O) groups is 1. The van der Waals surface area contributed by atoms with Crippen molar-refractivity contribution in [2.75, 3.05) is 64.3 Å². The molecule has 1 aromatic carbocycles. The number of nitrogens with one attached hydrogen (secondary N) is 1. The Balaban J connectivity index is 0.00000256. The molecule has 2 aliphatic rings. The van der Waals surface area contributed by atoms with Gasteiger partial charge in [0.15, 0.2) is 0 Å². The molecule has 164 valence electrons. The van der Waals surface area contributed by atoms with Crippen molar-refractivity contribution in [2.45, 2.75) is 18.9 Å². The number of amides is 1. The Bertz CT molecular complexity index is 784. The largest absolute Gasteiger partial charge is 0.369 e. The lowest BCUT2D eigenvalue weighted by Crippen LogP contribution is -2.48. The van der Waals surface area contributed by atoms with Gasteiger partial charge in [-0.1, -0.05) is 18.2 Å². The second-order valence-corrected chi connectivity index (χ2v) is 8.07. The number of carbonyl (C=O) groups excluding carboxylic acids is 1. The highest BCUT2D eigenvalue weighted by Gasteiger charge is 2.21. The van der Waals surface area contributed by atoms with Crippen molar-refractivity contribution in [1.82, 2.24) is 24.9 Å². The predicted octanol–water partition coefficient (Wildman–Crippen LogP) is 2.12. The van der Waals surface area contributed by atoms with Gasteiger partial charge in [-0.2, -0.15) is 5.10 Å². The van der Waals surface area contributed by atoms with E-state index in [0.29, 0.717) is 11.7 Å². The highest BCUT2D eigenvalue weighted by atomic mass is 35.5. The fourth-order valence-electron chi connectivity index (χ4n) is 4.17. The first kappa shape index (κ1) is 22.6. The van der Waals surface area contributed by atoms with Crippen LogP contribution in [0, 0.1) is 0 Å². The SMILES string of the molecule is CN(CCN1CCN(c2ccccc2)CC1)C(=O)c1ccn(C2CCCNC2)n1.Cl. The zero-order valence-corrected chi connectivity index (χ0v) is 18.6. The van der Waals surface area contributed by atoms with Gasteiger partial charge in [-0.15, -0.1) is 12.4 Å². The molecule has 0 saturated carbocycles. The Morgan fingerprint density at radius 2 is 1.93 bits per heavy atom. The van der Waals surface area contributed by atoms with E-state index in [9.17, 15) is 4.79 Å². The van der Waals surface area contributed by atoms with Crippen molar-refractivity contribution in [2.24, 2.45) is 0 Å². The average Bonchev–Trinajstić information content (AvgIpc) is 3.29. The van der Waals surface area contributed by atoms with E-state index in [2.05, 4.69) is 50.5 Å². The predicted molar refractivity (Wildman–Crippen MR) is 123 cm³/mol. The molecule has 1 aromatic heterocycles. The van der Waals surface area contributed by atoms with E-state index in [1.165, 1.54) is 5.69 Å². The number of hydrogen-bond acceptors (Lipinski definition) is 5. The summed E-state index contributed by atoms with van der Waals surface area (Å²) in [7, 11) is 1.88. The van der Waals surface area contributed by atoms with Gasteiger partial charge in [0.05, 0.1) is 6.04 Å². The minimum absolute atomic E-state index is 0. The van der Waals surface area contributed by atoms with Crippen LogP contribution in [0.3, 0.4) is 0 Å². The summed E-state index contributed by atoms with van der Waals surface area (Å²) >= 11 is 0. The molecule has 1 unspecified atom stereocenters. The summed E-state index contributed by atoms with van der Waals surface area (Å²) in [5.41, 5.74) is 1.84. The topological polar surface area (TPSA) is 56.6 Å². The van der Waals surface area contributed by atoms with E-state index in [0.717, 1.165) is 65.2 Å². The van der Waals surface area contributed by atoms with Crippen LogP contribution in [-0.2, 0) is 0 Å². The molecule has 7 nitrogen and oxygen atoms in total. The first-order valence-corrected chi connectivity index (χ1v) is 10.7. The van der Waals surface area contributed by atoms with Crippen LogP contribution in [0.5, 0.6) is 0 Å². The van der Waals surface area contributed by atoms with Gasteiger partial charge in [0.2, 0.25) is 0 Å². The van der Waals surface area contributed by atoms with Crippen LogP contribution in [0.1, 0.15) is 29.4 Å². The molecule has 0 radical (unpaired) electrons. The lowest BCUT2D eigenvalue weighted by Gasteiger charge is -2.36. The summed E-state index contributed by atoms with van der Waals surface area (Å²) in [6, 6.07) is 12.8. The molecule has 2 aliphatic heterocycles. The third-order valence-corrected chi connectivity index (χ3v) is 6.06. The summed E-state index contributed by atoms with van der Waals surface area (Å²) in [4.78, 5) is 19.4. The van der Waals surface area contributed by atoms with Crippen LogP contribution in [0.2, 0.25) is 0 Å². The smallest absolute Gasteiger partial charge is 0.274 e. The molecule has 4 rings (SSSR count). The molecule has 2 saturated heterocycles. The Morgan fingerprint density at radius 3 is 2.63 bits per heavy atom. The molecule has 0 spiro atoms. The molecule has 2 aromatic rings. The number of likely N-dealkylation sites (N-methyl/N-ethyl adjacent to an activating group) is 1. The van der Waals surface area contributed by atoms with Crippen molar-refractivity contribution in [3.63, 3.8) is 0 Å². The van der Waals surface area contributed by atoms with Gasteiger partial charge in [-0.3, -0.25) is 14.4 Å². The average molecular weight is 433 g/mol. The summed E-state index contributed by atoms with van der Waals surface area (Å²) in [5.74, 6) is 0.00967. The maximum atomic E-state index is 12.8. The quantitative estimate of drug-likeness (QED) is 0.757.